The zero-order chi connectivity index (χ0) is 23.2. The molecule has 0 aliphatic heterocycles. The maximum Gasteiger partial charge on any atom is 0.266 e. The maximum atomic E-state index is 14.0. The van der Waals surface area contributed by atoms with Crippen LogP contribution in [-0.4, -0.2) is 5.91 Å². The Kier molecular flexibility index (Phi) is 6.68. The van der Waals surface area contributed by atoms with Crippen LogP contribution in [-0.2, 0) is 11.4 Å². The lowest BCUT2D eigenvalue weighted by Gasteiger charge is -2.13. The topological polar surface area (TPSA) is 62.1 Å². The third-order valence-corrected chi connectivity index (χ3v) is 5.27. The van der Waals surface area contributed by atoms with Gasteiger partial charge in [-0.15, -0.1) is 0 Å². The normalized spacial score (nSPS) is 11.1. The molecule has 1 N–H and O–H groups in total. The van der Waals surface area contributed by atoms with Gasteiger partial charge in [-0.25, -0.2) is 4.39 Å². The molecule has 0 heterocycles. The van der Waals surface area contributed by atoms with E-state index in [1.807, 2.05) is 48.5 Å². The third kappa shape index (κ3) is 5.20. The Bertz CT molecular complexity index is 1390. The molecule has 4 aromatic rings. The summed E-state index contributed by atoms with van der Waals surface area (Å²) in [7, 11) is 0. The molecule has 0 radical (unpaired) electrons. The number of amides is 1. The number of halogens is 2. The molecule has 4 nitrogen and oxygen atoms in total. The Balaban J connectivity index is 1.70. The van der Waals surface area contributed by atoms with Crippen molar-refractivity contribution in [3.8, 4) is 11.8 Å². The highest BCUT2D eigenvalue weighted by Gasteiger charge is 2.15. The smallest absolute Gasteiger partial charge is 0.266 e. The molecule has 0 fully saturated rings. The molecule has 0 unspecified atom stereocenters. The summed E-state index contributed by atoms with van der Waals surface area (Å²) in [5.74, 6) is -0.783. The van der Waals surface area contributed by atoms with Gasteiger partial charge >= 0.3 is 0 Å². The molecule has 6 heteroatoms. The molecule has 4 rings (SSSR count). The Labute approximate surface area is 195 Å². The van der Waals surface area contributed by atoms with E-state index in [-0.39, 0.29) is 17.9 Å². The van der Waals surface area contributed by atoms with Crippen LogP contribution >= 0.6 is 11.6 Å². The number of para-hydroxylation sites is 1. The zero-order valence-electron chi connectivity index (χ0n) is 17.4. The molecule has 0 saturated heterocycles. The second kappa shape index (κ2) is 9.99. The molecule has 0 spiro atoms. The summed E-state index contributed by atoms with van der Waals surface area (Å²) < 4.78 is 20.0. The van der Waals surface area contributed by atoms with Crippen LogP contribution in [0.2, 0.25) is 5.02 Å². The van der Waals surface area contributed by atoms with Gasteiger partial charge in [0.05, 0.1) is 5.69 Å². The van der Waals surface area contributed by atoms with E-state index in [4.69, 9.17) is 16.3 Å². The quantitative estimate of drug-likeness (QED) is 0.257. The van der Waals surface area contributed by atoms with Crippen LogP contribution < -0.4 is 10.1 Å². The molecule has 0 aliphatic carbocycles. The minimum Gasteiger partial charge on any atom is -0.488 e. The average Bonchev–Trinajstić information content (AvgIpc) is 2.84. The number of carbonyl (C=O) groups excluding carboxylic acids is 1. The van der Waals surface area contributed by atoms with E-state index in [1.165, 1.54) is 24.3 Å². The Morgan fingerprint density at radius 2 is 1.73 bits per heavy atom. The van der Waals surface area contributed by atoms with Crippen LogP contribution in [0.5, 0.6) is 5.75 Å². The largest absolute Gasteiger partial charge is 0.488 e. The lowest BCUT2D eigenvalue weighted by Crippen LogP contribution is -2.14. The first-order chi connectivity index (χ1) is 16.0. The average molecular weight is 457 g/mol. The number of hydrogen-bond donors (Lipinski definition) is 1. The van der Waals surface area contributed by atoms with Crippen molar-refractivity contribution in [2.75, 3.05) is 5.32 Å². The summed E-state index contributed by atoms with van der Waals surface area (Å²) >= 11 is 5.95. The number of fused-ring (bicyclic) bond motifs is 1. The predicted molar refractivity (Wildman–Crippen MR) is 128 cm³/mol. The lowest BCUT2D eigenvalue weighted by molar-refractivity contribution is -0.112. The molecule has 4 aromatic carbocycles. The molecule has 0 aliphatic rings. The van der Waals surface area contributed by atoms with Crippen LogP contribution in [0.3, 0.4) is 0 Å². The van der Waals surface area contributed by atoms with Gasteiger partial charge in [0, 0.05) is 10.6 Å². The van der Waals surface area contributed by atoms with E-state index < -0.39 is 11.7 Å². The van der Waals surface area contributed by atoms with Crippen LogP contribution in [0.1, 0.15) is 11.1 Å². The van der Waals surface area contributed by atoms with Crippen molar-refractivity contribution >= 4 is 40.0 Å². The monoisotopic (exact) mass is 456 g/mol. The number of rotatable bonds is 6. The summed E-state index contributed by atoms with van der Waals surface area (Å²) in [6, 6.07) is 26.3. The Morgan fingerprint density at radius 1 is 1.00 bits per heavy atom. The van der Waals surface area contributed by atoms with Gasteiger partial charge in [-0.05, 0) is 52.7 Å². The summed E-state index contributed by atoms with van der Waals surface area (Å²) in [6.07, 6.45) is 1.47. The van der Waals surface area contributed by atoms with Crippen molar-refractivity contribution in [2.24, 2.45) is 0 Å². The van der Waals surface area contributed by atoms with Gasteiger partial charge in [0.2, 0.25) is 0 Å². The van der Waals surface area contributed by atoms with Crippen LogP contribution in [0.4, 0.5) is 10.1 Å². The third-order valence-electron chi connectivity index (χ3n) is 5.01. The molecule has 162 valence electrons. The number of anilines is 1. The molecule has 1 amide bonds. The highest BCUT2D eigenvalue weighted by atomic mass is 35.5. The number of nitrogens with one attached hydrogen (secondary N) is 1. The SMILES string of the molecule is N#C/C(=C\c1c(OCc2ccc(Cl)cc2)ccc2ccccc12)C(=O)Nc1ccccc1F. The summed E-state index contributed by atoms with van der Waals surface area (Å²) in [5, 5.41) is 14.5. The van der Waals surface area contributed by atoms with Crippen molar-refractivity contribution in [1.29, 1.82) is 5.26 Å². The van der Waals surface area contributed by atoms with E-state index in [2.05, 4.69) is 5.32 Å². The van der Waals surface area contributed by atoms with Crippen molar-refractivity contribution in [1.82, 2.24) is 0 Å². The van der Waals surface area contributed by atoms with E-state index >= 15 is 0 Å². The second-order valence-corrected chi connectivity index (χ2v) is 7.65. The molecule has 0 bridgehead atoms. The highest BCUT2D eigenvalue weighted by molar-refractivity contribution is 6.30. The fraction of sp³-hybridized carbons (Fsp3) is 0.0370. The molecular formula is C27H18ClFN2O2. The van der Waals surface area contributed by atoms with Gasteiger partial charge in [-0.3, -0.25) is 4.79 Å². The zero-order valence-corrected chi connectivity index (χ0v) is 18.1. The number of benzene rings is 4. The minimum atomic E-state index is -0.709. The van der Waals surface area contributed by atoms with E-state index in [0.29, 0.717) is 16.3 Å². The van der Waals surface area contributed by atoms with Gasteiger partial charge in [0.15, 0.2) is 0 Å². The minimum absolute atomic E-state index is 0.000724. The standard InChI is InChI=1S/C27H18ClFN2O2/c28-21-12-9-18(10-13-21)17-33-26-14-11-19-5-1-2-6-22(19)23(26)15-20(16-30)27(32)31-25-8-4-3-7-24(25)29/h1-15H,17H2,(H,31,32)/b20-15+. The molecular weight excluding hydrogens is 439 g/mol. The number of hydrogen-bond acceptors (Lipinski definition) is 3. The van der Waals surface area contributed by atoms with Crippen molar-refractivity contribution in [3.63, 3.8) is 0 Å². The van der Waals surface area contributed by atoms with E-state index in [0.717, 1.165) is 16.3 Å². The van der Waals surface area contributed by atoms with Gasteiger partial charge < -0.3 is 10.1 Å². The number of ether oxygens (including phenoxy) is 1. The molecule has 0 atom stereocenters. The number of carbonyl (C=O) groups is 1. The first-order valence-corrected chi connectivity index (χ1v) is 10.5. The molecule has 0 saturated carbocycles. The van der Waals surface area contributed by atoms with Crippen LogP contribution in [0.15, 0.2) is 90.5 Å². The highest BCUT2D eigenvalue weighted by Crippen LogP contribution is 2.31. The van der Waals surface area contributed by atoms with Gasteiger partial charge in [0.1, 0.15) is 29.8 Å². The molecule has 33 heavy (non-hydrogen) atoms. The fourth-order valence-electron chi connectivity index (χ4n) is 3.34. The fourth-order valence-corrected chi connectivity index (χ4v) is 3.46. The maximum absolute atomic E-state index is 14.0. The van der Waals surface area contributed by atoms with Gasteiger partial charge in [-0.1, -0.05) is 66.2 Å². The summed E-state index contributed by atoms with van der Waals surface area (Å²) in [4.78, 5) is 12.7. The van der Waals surface area contributed by atoms with Crippen molar-refractivity contribution in [2.45, 2.75) is 6.61 Å². The van der Waals surface area contributed by atoms with Crippen molar-refractivity contribution in [3.05, 3.63) is 112 Å². The van der Waals surface area contributed by atoms with E-state index in [9.17, 15) is 14.4 Å². The van der Waals surface area contributed by atoms with Crippen LogP contribution in [0, 0.1) is 17.1 Å². The first kappa shape index (κ1) is 22.1. The lowest BCUT2D eigenvalue weighted by atomic mass is 10.0. The predicted octanol–water partition coefficient (Wildman–Crippen LogP) is 6.76. The van der Waals surface area contributed by atoms with Crippen LogP contribution in [0.25, 0.3) is 16.8 Å². The summed E-state index contributed by atoms with van der Waals surface area (Å²) in [6.45, 7) is 0.277. The van der Waals surface area contributed by atoms with Gasteiger partial charge in [-0.2, -0.15) is 5.26 Å². The van der Waals surface area contributed by atoms with Crippen molar-refractivity contribution < 1.29 is 13.9 Å². The Hall–Kier alpha value is -4.14. The second-order valence-electron chi connectivity index (χ2n) is 7.22. The Morgan fingerprint density at radius 3 is 2.48 bits per heavy atom. The number of nitriles is 1. The number of nitrogens with zero attached hydrogens (tertiary/aromatic N) is 1. The molecule has 0 aromatic heterocycles. The first-order valence-electron chi connectivity index (χ1n) is 10.1. The van der Waals surface area contributed by atoms with E-state index in [1.54, 1.807) is 24.3 Å². The summed E-state index contributed by atoms with van der Waals surface area (Å²) in [5.41, 5.74) is 1.33. The van der Waals surface area contributed by atoms with Gasteiger partial charge in [0.25, 0.3) is 5.91 Å².